The SMILES string of the molecule is O=C1NCC(C[Se]c2ccccc2)C1(F)F. The van der Waals surface area contributed by atoms with Gasteiger partial charge in [-0.05, 0) is 0 Å². The Morgan fingerprint density at radius 1 is 1.38 bits per heavy atom. The van der Waals surface area contributed by atoms with Crippen LogP contribution in [-0.4, -0.2) is 33.3 Å². The van der Waals surface area contributed by atoms with E-state index in [9.17, 15) is 13.6 Å². The normalized spacial score (nSPS) is 23.1. The summed E-state index contributed by atoms with van der Waals surface area (Å²) in [4.78, 5) is 10.9. The van der Waals surface area contributed by atoms with Gasteiger partial charge >= 0.3 is 98.3 Å². The molecule has 1 N–H and O–H groups in total. The third-order valence-corrected chi connectivity index (χ3v) is 4.98. The van der Waals surface area contributed by atoms with Crippen molar-refractivity contribution in [2.24, 2.45) is 5.92 Å². The maximum atomic E-state index is 13.3. The first-order valence-corrected chi connectivity index (χ1v) is 7.01. The standard InChI is InChI=1S/C11H11F2NOSe/c12-11(13)8(6-14-10(11)15)7-16-9-4-2-1-3-5-9/h1-5,8H,6-7H2,(H,14,15). The van der Waals surface area contributed by atoms with E-state index in [0.29, 0.717) is 5.32 Å². The van der Waals surface area contributed by atoms with Crippen molar-refractivity contribution in [2.75, 3.05) is 6.54 Å². The molecule has 0 spiro atoms. The predicted octanol–water partition coefficient (Wildman–Crippen LogP) is 0.816. The summed E-state index contributed by atoms with van der Waals surface area (Å²) in [7, 11) is 0. The van der Waals surface area contributed by atoms with Gasteiger partial charge < -0.3 is 0 Å². The summed E-state index contributed by atoms with van der Waals surface area (Å²) >= 11 is 0.00164. The van der Waals surface area contributed by atoms with Gasteiger partial charge in [-0.25, -0.2) is 0 Å². The Balaban J connectivity index is 1.94. The second-order valence-corrected chi connectivity index (χ2v) is 5.95. The number of nitrogens with one attached hydrogen (secondary N) is 1. The van der Waals surface area contributed by atoms with E-state index in [2.05, 4.69) is 5.32 Å². The fourth-order valence-corrected chi connectivity index (χ4v) is 3.77. The molecule has 1 unspecified atom stereocenters. The fourth-order valence-electron chi connectivity index (χ4n) is 1.52. The van der Waals surface area contributed by atoms with Gasteiger partial charge in [-0.3, -0.25) is 0 Å². The van der Waals surface area contributed by atoms with Crippen LogP contribution in [0.15, 0.2) is 30.3 Å². The minimum atomic E-state index is -3.18. The summed E-state index contributed by atoms with van der Waals surface area (Å²) < 4.78 is 27.7. The average Bonchev–Trinajstić information content (AvgIpc) is 2.53. The number of carbonyl (C=O) groups is 1. The topological polar surface area (TPSA) is 29.1 Å². The molecule has 1 aromatic carbocycles. The number of amides is 1. The number of hydrogen-bond donors (Lipinski definition) is 1. The van der Waals surface area contributed by atoms with Crippen molar-refractivity contribution in [2.45, 2.75) is 11.2 Å². The molecule has 86 valence electrons. The Kier molecular flexibility index (Phi) is 3.26. The van der Waals surface area contributed by atoms with E-state index in [0.717, 1.165) is 4.46 Å². The van der Waals surface area contributed by atoms with Crippen LogP contribution in [-0.2, 0) is 4.79 Å². The second kappa shape index (κ2) is 4.52. The van der Waals surface area contributed by atoms with Crippen molar-refractivity contribution in [1.29, 1.82) is 0 Å². The molecule has 2 nitrogen and oxygen atoms in total. The van der Waals surface area contributed by atoms with Gasteiger partial charge in [0, 0.05) is 0 Å². The summed E-state index contributed by atoms with van der Waals surface area (Å²) in [5.74, 6) is -5.15. The Morgan fingerprint density at radius 2 is 2.06 bits per heavy atom. The molecular formula is C11H11F2NOSe. The number of hydrogen-bond acceptors (Lipinski definition) is 1. The van der Waals surface area contributed by atoms with Crippen molar-refractivity contribution in [3.05, 3.63) is 30.3 Å². The molecule has 0 bridgehead atoms. The van der Waals surface area contributed by atoms with Crippen molar-refractivity contribution >= 4 is 25.3 Å². The molecule has 1 saturated heterocycles. The van der Waals surface area contributed by atoms with Crippen LogP contribution in [0.25, 0.3) is 0 Å². The third kappa shape index (κ3) is 2.25. The summed E-state index contributed by atoms with van der Waals surface area (Å²) in [5.41, 5.74) is 0. The van der Waals surface area contributed by atoms with Gasteiger partial charge in [0.05, 0.1) is 0 Å². The summed E-state index contributed by atoms with van der Waals surface area (Å²) in [6, 6.07) is 9.56. The van der Waals surface area contributed by atoms with Gasteiger partial charge in [0.15, 0.2) is 0 Å². The van der Waals surface area contributed by atoms with Crippen molar-refractivity contribution < 1.29 is 13.6 Å². The zero-order valence-electron chi connectivity index (χ0n) is 8.45. The number of alkyl halides is 2. The molecule has 5 heteroatoms. The molecule has 16 heavy (non-hydrogen) atoms. The van der Waals surface area contributed by atoms with E-state index in [1.807, 2.05) is 30.3 Å². The van der Waals surface area contributed by atoms with Crippen LogP contribution in [0.4, 0.5) is 8.78 Å². The Bertz CT molecular complexity index is 383. The molecule has 0 aromatic heterocycles. The first-order chi connectivity index (χ1) is 7.60. The van der Waals surface area contributed by atoms with Crippen molar-refractivity contribution in [3.63, 3.8) is 0 Å². The van der Waals surface area contributed by atoms with Gasteiger partial charge in [0.25, 0.3) is 0 Å². The van der Waals surface area contributed by atoms with Crippen LogP contribution in [0, 0.1) is 5.92 Å². The molecule has 1 aliphatic heterocycles. The zero-order valence-corrected chi connectivity index (χ0v) is 10.2. The van der Waals surface area contributed by atoms with Gasteiger partial charge in [-0.1, -0.05) is 0 Å². The van der Waals surface area contributed by atoms with Gasteiger partial charge in [0.2, 0.25) is 0 Å². The molecule has 0 aliphatic carbocycles. The Morgan fingerprint density at radius 3 is 2.62 bits per heavy atom. The summed E-state index contributed by atoms with van der Waals surface area (Å²) in [5, 5.41) is 2.61. The van der Waals surface area contributed by atoms with E-state index in [4.69, 9.17) is 0 Å². The van der Waals surface area contributed by atoms with Gasteiger partial charge in [-0.2, -0.15) is 0 Å². The van der Waals surface area contributed by atoms with Crippen LogP contribution in [0.5, 0.6) is 0 Å². The first-order valence-electron chi connectivity index (χ1n) is 4.94. The molecule has 2 rings (SSSR count). The summed E-state index contributed by atoms with van der Waals surface area (Å²) in [6.45, 7) is 0.0976. The fraction of sp³-hybridized carbons (Fsp3) is 0.364. The molecular weight excluding hydrogens is 279 g/mol. The average molecular weight is 290 g/mol. The molecule has 0 saturated carbocycles. The van der Waals surface area contributed by atoms with E-state index in [1.54, 1.807) is 0 Å². The molecule has 1 aromatic rings. The zero-order chi connectivity index (χ0) is 11.6. The molecule has 1 heterocycles. The van der Waals surface area contributed by atoms with Gasteiger partial charge in [0.1, 0.15) is 0 Å². The molecule has 0 radical (unpaired) electrons. The van der Waals surface area contributed by atoms with Crippen LogP contribution >= 0.6 is 0 Å². The van der Waals surface area contributed by atoms with E-state index < -0.39 is 17.7 Å². The number of carbonyl (C=O) groups excluding carboxylic acids is 1. The van der Waals surface area contributed by atoms with Crippen LogP contribution in [0.3, 0.4) is 0 Å². The number of halogens is 2. The Hall–Kier alpha value is -0.931. The van der Waals surface area contributed by atoms with E-state index >= 15 is 0 Å². The summed E-state index contributed by atoms with van der Waals surface area (Å²) in [6.07, 6.45) is 0. The molecule has 1 aliphatic rings. The second-order valence-electron chi connectivity index (χ2n) is 3.65. The van der Waals surface area contributed by atoms with Crippen molar-refractivity contribution in [1.82, 2.24) is 5.32 Å². The van der Waals surface area contributed by atoms with E-state index in [-0.39, 0.29) is 21.5 Å². The number of rotatable bonds is 3. The predicted molar refractivity (Wildman–Crippen MR) is 58.1 cm³/mol. The monoisotopic (exact) mass is 291 g/mol. The van der Waals surface area contributed by atoms with E-state index in [1.165, 1.54) is 0 Å². The number of benzene rings is 1. The Labute approximate surface area is 98.6 Å². The van der Waals surface area contributed by atoms with Crippen LogP contribution in [0.1, 0.15) is 0 Å². The maximum absolute atomic E-state index is 13.3. The van der Waals surface area contributed by atoms with Gasteiger partial charge in [-0.15, -0.1) is 0 Å². The minimum absolute atomic E-state index is 0.00164. The van der Waals surface area contributed by atoms with Crippen molar-refractivity contribution in [3.8, 4) is 0 Å². The quantitative estimate of drug-likeness (QED) is 0.820. The third-order valence-electron chi connectivity index (χ3n) is 2.52. The van der Waals surface area contributed by atoms with Crippen LogP contribution in [0.2, 0.25) is 5.32 Å². The molecule has 1 fully saturated rings. The first kappa shape index (κ1) is 11.6. The van der Waals surface area contributed by atoms with Crippen LogP contribution < -0.4 is 9.78 Å². The molecule has 1 amide bonds. The molecule has 1 atom stereocenters.